The van der Waals surface area contributed by atoms with Gasteiger partial charge in [-0.1, -0.05) is 13.8 Å². The van der Waals surface area contributed by atoms with Crippen LogP contribution in [0.1, 0.15) is 39.5 Å². The number of carboxylic acids is 1. The monoisotopic (exact) mass is 256 g/mol. The lowest BCUT2D eigenvalue weighted by Gasteiger charge is -2.19. The molecule has 0 saturated carbocycles. The van der Waals surface area contributed by atoms with Crippen molar-refractivity contribution in [3.05, 3.63) is 0 Å². The maximum absolute atomic E-state index is 11.8. The van der Waals surface area contributed by atoms with Crippen LogP contribution in [-0.4, -0.2) is 47.6 Å². The second-order valence-electron chi connectivity index (χ2n) is 5.07. The first kappa shape index (κ1) is 15.0. The van der Waals surface area contributed by atoms with E-state index in [4.69, 9.17) is 5.11 Å². The fourth-order valence-electron chi connectivity index (χ4n) is 2.44. The van der Waals surface area contributed by atoms with Gasteiger partial charge in [-0.05, 0) is 31.7 Å². The van der Waals surface area contributed by atoms with Gasteiger partial charge in [0, 0.05) is 19.0 Å². The molecule has 0 aromatic rings. The molecule has 2 N–H and O–H groups in total. The van der Waals surface area contributed by atoms with Gasteiger partial charge in [-0.15, -0.1) is 0 Å². The van der Waals surface area contributed by atoms with Gasteiger partial charge in [-0.2, -0.15) is 0 Å². The molecule has 0 aliphatic carbocycles. The van der Waals surface area contributed by atoms with Crippen molar-refractivity contribution in [3.8, 4) is 0 Å². The van der Waals surface area contributed by atoms with Crippen LogP contribution in [0, 0.1) is 5.92 Å². The minimum absolute atomic E-state index is 0.0553. The molecule has 1 amide bonds. The highest BCUT2D eigenvalue weighted by molar-refractivity contribution is 5.78. The lowest BCUT2D eigenvalue weighted by Crippen LogP contribution is -2.41. The van der Waals surface area contributed by atoms with Crippen LogP contribution in [0.2, 0.25) is 0 Å². The van der Waals surface area contributed by atoms with E-state index in [1.807, 2.05) is 4.90 Å². The first-order valence-corrected chi connectivity index (χ1v) is 6.78. The largest absolute Gasteiger partial charge is 0.481 e. The maximum Gasteiger partial charge on any atom is 0.303 e. The van der Waals surface area contributed by atoms with E-state index in [2.05, 4.69) is 19.2 Å². The molecule has 0 aromatic heterocycles. The molecular formula is C13H24N2O3. The van der Waals surface area contributed by atoms with Crippen molar-refractivity contribution in [2.24, 2.45) is 5.92 Å². The van der Waals surface area contributed by atoms with E-state index in [1.54, 1.807) is 0 Å². The predicted molar refractivity (Wildman–Crippen MR) is 69.3 cm³/mol. The second kappa shape index (κ2) is 7.36. The Balaban J connectivity index is 2.27. The SMILES string of the molecule is CCC(CC)NC(=O)CN1CCC(CC(=O)O)C1. The molecule has 104 valence electrons. The van der Waals surface area contributed by atoms with Crippen molar-refractivity contribution in [1.29, 1.82) is 0 Å². The van der Waals surface area contributed by atoms with Crippen molar-refractivity contribution < 1.29 is 14.7 Å². The number of hydrogen-bond donors (Lipinski definition) is 2. The molecular weight excluding hydrogens is 232 g/mol. The molecule has 5 heteroatoms. The minimum Gasteiger partial charge on any atom is -0.481 e. The van der Waals surface area contributed by atoms with Gasteiger partial charge in [0.1, 0.15) is 0 Å². The summed E-state index contributed by atoms with van der Waals surface area (Å²) in [4.78, 5) is 24.4. The molecule has 1 fully saturated rings. The highest BCUT2D eigenvalue weighted by atomic mass is 16.4. The third kappa shape index (κ3) is 5.04. The number of likely N-dealkylation sites (tertiary alicyclic amines) is 1. The Morgan fingerprint density at radius 1 is 1.39 bits per heavy atom. The molecule has 1 unspecified atom stereocenters. The number of aliphatic carboxylic acids is 1. The van der Waals surface area contributed by atoms with Crippen molar-refractivity contribution in [2.75, 3.05) is 19.6 Å². The van der Waals surface area contributed by atoms with Crippen LogP contribution in [-0.2, 0) is 9.59 Å². The van der Waals surface area contributed by atoms with Crippen LogP contribution in [0.15, 0.2) is 0 Å². The molecule has 1 heterocycles. The average molecular weight is 256 g/mol. The molecule has 1 aliphatic heterocycles. The maximum atomic E-state index is 11.8. The zero-order valence-corrected chi connectivity index (χ0v) is 11.3. The molecule has 1 aliphatic rings. The van der Waals surface area contributed by atoms with E-state index in [1.165, 1.54) is 0 Å². The quantitative estimate of drug-likeness (QED) is 0.715. The van der Waals surface area contributed by atoms with Gasteiger partial charge >= 0.3 is 5.97 Å². The summed E-state index contributed by atoms with van der Waals surface area (Å²) >= 11 is 0. The zero-order valence-electron chi connectivity index (χ0n) is 11.3. The molecule has 0 radical (unpaired) electrons. The number of rotatable bonds is 7. The molecule has 18 heavy (non-hydrogen) atoms. The van der Waals surface area contributed by atoms with E-state index in [-0.39, 0.29) is 24.3 Å². The van der Waals surface area contributed by atoms with Crippen LogP contribution in [0.25, 0.3) is 0 Å². The van der Waals surface area contributed by atoms with Gasteiger partial charge in [-0.25, -0.2) is 0 Å². The van der Waals surface area contributed by atoms with E-state index < -0.39 is 5.97 Å². The Morgan fingerprint density at radius 2 is 2.06 bits per heavy atom. The highest BCUT2D eigenvalue weighted by Gasteiger charge is 2.25. The number of carbonyl (C=O) groups excluding carboxylic acids is 1. The van der Waals surface area contributed by atoms with Gasteiger partial charge in [-0.3, -0.25) is 14.5 Å². The van der Waals surface area contributed by atoms with Crippen LogP contribution < -0.4 is 5.32 Å². The third-order valence-corrected chi connectivity index (χ3v) is 3.55. The molecule has 0 aromatic carbocycles. The Hall–Kier alpha value is -1.10. The number of amides is 1. The lowest BCUT2D eigenvalue weighted by molar-refractivity contribution is -0.138. The summed E-state index contributed by atoms with van der Waals surface area (Å²) < 4.78 is 0. The molecule has 5 nitrogen and oxygen atoms in total. The van der Waals surface area contributed by atoms with Crippen LogP contribution in [0.3, 0.4) is 0 Å². The molecule has 0 spiro atoms. The van der Waals surface area contributed by atoms with Crippen LogP contribution in [0.5, 0.6) is 0 Å². The molecule has 0 bridgehead atoms. The number of carbonyl (C=O) groups is 2. The Morgan fingerprint density at radius 3 is 2.61 bits per heavy atom. The van der Waals surface area contributed by atoms with Crippen molar-refractivity contribution in [2.45, 2.75) is 45.6 Å². The molecule has 1 saturated heterocycles. The van der Waals surface area contributed by atoms with E-state index in [9.17, 15) is 9.59 Å². The van der Waals surface area contributed by atoms with Crippen LogP contribution in [0.4, 0.5) is 0 Å². The van der Waals surface area contributed by atoms with Gasteiger partial charge in [0.25, 0.3) is 0 Å². The van der Waals surface area contributed by atoms with Crippen molar-refractivity contribution in [1.82, 2.24) is 10.2 Å². The lowest BCUT2D eigenvalue weighted by atomic mass is 10.1. The highest BCUT2D eigenvalue weighted by Crippen LogP contribution is 2.18. The average Bonchev–Trinajstić information content (AvgIpc) is 2.72. The summed E-state index contributed by atoms with van der Waals surface area (Å²) in [5.74, 6) is -0.494. The van der Waals surface area contributed by atoms with E-state index in [0.717, 1.165) is 32.4 Å². The molecule has 1 rings (SSSR count). The second-order valence-corrected chi connectivity index (χ2v) is 5.07. The van der Waals surface area contributed by atoms with Gasteiger partial charge < -0.3 is 10.4 Å². The van der Waals surface area contributed by atoms with Crippen molar-refractivity contribution in [3.63, 3.8) is 0 Å². The van der Waals surface area contributed by atoms with Gasteiger partial charge in [0.2, 0.25) is 5.91 Å². The topological polar surface area (TPSA) is 69.6 Å². The van der Waals surface area contributed by atoms with Crippen molar-refractivity contribution >= 4 is 11.9 Å². The summed E-state index contributed by atoms with van der Waals surface area (Å²) in [6.45, 7) is 6.07. The predicted octanol–water partition coefficient (Wildman–Crippen LogP) is 1.09. The number of hydrogen-bond acceptors (Lipinski definition) is 3. The first-order valence-electron chi connectivity index (χ1n) is 6.78. The van der Waals surface area contributed by atoms with Gasteiger partial charge in [0.05, 0.1) is 6.54 Å². The smallest absolute Gasteiger partial charge is 0.303 e. The number of nitrogens with one attached hydrogen (secondary N) is 1. The fourth-order valence-corrected chi connectivity index (χ4v) is 2.44. The zero-order chi connectivity index (χ0) is 13.5. The summed E-state index contributed by atoms with van der Waals surface area (Å²) in [7, 11) is 0. The summed E-state index contributed by atoms with van der Waals surface area (Å²) in [6, 6.07) is 0.259. The summed E-state index contributed by atoms with van der Waals surface area (Å²) in [5, 5.41) is 11.7. The van der Waals surface area contributed by atoms with E-state index in [0.29, 0.717) is 6.54 Å². The van der Waals surface area contributed by atoms with Gasteiger partial charge in [0.15, 0.2) is 0 Å². The Kier molecular flexibility index (Phi) is 6.12. The number of nitrogens with zero attached hydrogens (tertiary/aromatic N) is 1. The Labute approximate surface area is 109 Å². The minimum atomic E-state index is -0.747. The molecule has 1 atom stereocenters. The first-order chi connectivity index (χ1) is 8.55. The number of carboxylic acid groups (broad SMARTS) is 1. The summed E-state index contributed by atoms with van der Waals surface area (Å²) in [6.07, 6.45) is 2.99. The standard InChI is InChI=1S/C13H24N2O3/c1-3-11(4-2)14-12(16)9-15-6-5-10(8-15)7-13(17)18/h10-11H,3-9H2,1-2H3,(H,14,16)(H,17,18). The fraction of sp³-hybridized carbons (Fsp3) is 0.846. The normalized spacial score (nSPS) is 20.3. The third-order valence-electron chi connectivity index (χ3n) is 3.55. The Bertz CT molecular complexity index is 290. The van der Waals surface area contributed by atoms with Crippen LogP contribution >= 0.6 is 0 Å². The van der Waals surface area contributed by atoms with E-state index >= 15 is 0 Å². The summed E-state index contributed by atoms with van der Waals surface area (Å²) in [5.41, 5.74) is 0.